The van der Waals surface area contributed by atoms with Crippen molar-refractivity contribution >= 4 is 11.9 Å². The Morgan fingerprint density at radius 2 is 1.92 bits per heavy atom. The second kappa shape index (κ2) is 3.85. The zero-order valence-corrected chi connectivity index (χ0v) is 7.65. The maximum absolute atomic E-state index is 10.9. The predicted molar refractivity (Wildman–Crippen MR) is 49.7 cm³/mol. The number of aromatic nitrogens is 1. The number of pyridine rings is 1. The molecule has 0 radical (unpaired) electrons. The van der Waals surface area contributed by atoms with Gasteiger partial charge in [0.2, 0.25) is 0 Å². The smallest absolute Gasteiger partial charge is 0.180 e. The fourth-order valence-electron chi connectivity index (χ4n) is 0.872. The molecule has 0 saturated carbocycles. The van der Waals surface area contributed by atoms with Gasteiger partial charge >= 0.3 is 0 Å². The molecule has 0 amide bonds. The molecule has 13 heavy (non-hydrogen) atoms. The largest absolute Gasteiger partial charge is 0.619 e. The molecule has 0 bridgehead atoms. The highest BCUT2D eigenvalue weighted by Crippen LogP contribution is 2.04. The number of hydrogen-bond acceptors (Lipinski definition) is 2. The Labute approximate surface area is 76.9 Å². The highest BCUT2D eigenvalue weighted by atomic mass is 16.5. The van der Waals surface area contributed by atoms with Crippen LogP contribution < -0.4 is 4.73 Å². The van der Waals surface area contributed by atoms with Crippen molar-refractivity contribution in [2.75, 3.05) is 0 Å². The molecule has 1 aromatic heterocycles. The molecule has 68 valence electrons. The SMILES string of the molecule is CC(=O)/C(C)=C/c1cc[n+]([O-])cc1. The van der Waals surface area contributed by atoms with Crippen molar-refractivity contribution in [3.05, 3.63) is 40.9 Å². The molecule has 0 unspecified atom stereocenters. The lowest BCUT2D eigenvalue weighted by Gasteiger charge is -1.96. The average molecular weight is 177 g/mol. The van der Waals surface area contributed by atoms with Gasteiger partial charge in [0.1, 0.15) is 0 Å². The van der Waals surface area contributed by atoms with E-state index in [9.17, 15) is 10.0 Å². The van der Waals surface area contributed by atoms with Crippen molar-refractivity contribution in [2.45, 2.75) is 13.8 Å². The first-order valence-corrected chi connectivity index (χ1v) is 3.97. The molecule has 0 aromatic carbocycles. The first-order chi connectivity index (χ1) is 6.09. The molecule has 1 heterocycles. The molecule has 0 aliphatic rings. The lowest BCUT2D eigenvalue weighted by molar-refractivity contribution is -0.605. The van der Waals surface area contributed by atoms with E-state index in [1.165, 1.54) is 19.3 Å². The second-order valence-corrected chi connectivity index (χ2v) is 2.87. The van der Waals surface area contributed by atoms with Crippen molar-refractivity contribution in [1.82, 2.24) is 0 Å². The normalized spacial score (nSPS) is 11.4. The van der Waals surface area contributed by atoms with Gasteiger partial charge in [-0.05, 0) is 31.1 Å². The minimum atomic E-state index is 0.0406. The van der Waals surface area contributed by atoms with Crippen LogP contribution in [0.2, 0.25) is 0 Å². The van der Waals surface area contributed by atoms with E-state index in [1.807, 2.05) is 0 Å². The molecule has 0 aliphatic carbocycles. The standard InChI is InChI=1S/C10H11NO2/c1-8(9(2)12)7-10-3-5-11(13)6-4-10/h3-7H,1-2H3/b8-7+. The minimum absolute atomic E-state index is 0.0406. The summed E-state index contributed by atoms with van der Waals surface area (Å²) in [5.41, 5.74) is 1.54. The maximum Gasteiger partial charge on any atom is 0.180 e. The van der Waals surface area contributed by atoms with Gasteiger partial charge in [-0.15, -0.1) is 0 Å². The summed E-state index contributed by atoms with van der Waals surface area (Å²) in [6, 6.07) is 3.33. The quantitative estimate of drug-likeness (QED) is 0.388. The number of carbonyl (C=O) groups is 1. The summed E-state index contributed by atoms with van der Waals surface area (Å²) in [7, 11) is 0. The zero-order chi connectivity index (χ0) is 9.84. The summed E-state index contributed by atoms with van der Waals surface area (Å²) in [6.45, 7) is 3.27. The summed E-state index contributed by atoms with van der Waals surface area (Å²) in [4.78, 5) is 10.9. The molecule has 0 spiro atoms. The van der Waals surface area contributed by atoms with Gasteiger partial charge in [-0.3, -0.25) is 4.79 Å². The van der Waals surface area contributed by atoms with E-state index in [2.05, 4.69) is 0 Å². The van der Waals surface area contributed by atoms with Gasteiger partial charge in [0.25, 0.3) is 0 Å². The fraction of sp³-hybridized carbons (Fsp3) is 0.200. The molecule has 0 atom stereocenters. The van der Waals surface area contributed by atoms with Gasteiger partial charge in [-0.2, -0.15) is 4.73 Å². The Morgan fingerprint density at radius 3 is 2.38 bits per heavy atom. The number of hydrogen-bond donors (Lipinski definition) is 0. The number of allylic oxidation sites excluding steroid dienone is 1. The summed E-state index contributed by atoms with van der Waals surface area (Å²) in [5.74, 6) is 0.0406. The highest BCUT2D eigenvalue weighted by molar-refractivity contribution is 5.96. The van der Waals surface area contributed by atoms with E-state index < -0.39 is 0 Å². The van der Waals surface area contributed by atoms with Crippen LogP contribution in [0.1, 0.15) is 19.4 Å². The second-order valence-electron chi connectivity index (χ2n) is 2.87. The van der Waals surface area contributed by atoms with Crippen LogP contribution in [-0.2, 0) is 4.79 Å². The predicted octanol–water partition coefficient (Wildman–Crippen LogP) is 1.31. The molecule has 0 saturated heterocycles. The van der Waals surface area contributed by atoms with Crippen LogP contribution in [0.25, 0.3) is 6.08 Å². The first kappa shape index (κ1) is 9.45. The molecule has 1 aromatic rings. The van der Waals surface area contributed by atoms with E-state index in [0.29, 0.717) is 10.3 Å². The summed E-state index contributed by atoms with van der Waals surface area (Å²) < 4.78 is 0.709. The van der Waals surface area contributed by atoms with Gasteiger partial charge in [-0.1, -0.05) is 0 Å². The van der Waals surface area contributed by atoms with Crippen LogP contribution in [0.15, 0.2) is 30.1 Å². The first-order valence-electron chi connectivity index (χ1n) is 3.97. The monoisotopic (exact) mass is 177 g/mol. The van der Waals surface area contributed by atoms with Gasteiger partial charge in [-0.25, -0.2) is 0 Å². The average Bonchev–Trinajstić information content (AvgIpc) is 2.08. The number of nitrogens with zero attached hydrogens (tertiary/aromatic N) is 1. The number of Topliss-reactive ketones (excluding diaryl/α,β-unsaturated/α-hetero) is 1. The summed E-state index contributed by atoms with van der Waals surface area (Å²) >= 11 is 0. The number of rotatable bonds is 2. The topological polar surface area (TPSA) is 44.0 Å². The third kappa shape index (κ3) is 2.71. The Bertz CT molecular complexity index is 338. The van der Waals surface area contributed by atoms with E-state index in [1.54, 1.807) is 25.1 Å². The van der Waals surface area contributed by atoms with Crippen molar-refractivity contribution in [1.29, 1.82) is 0 Å². The van der Waals surface area contributed by atoms with Crippen LogP contribution in [0.4, 0.5) is 0 Å². The Kier molecular flexibility index (Phi) is 2.80. The van der Waals surface area contributed by atoms with E-state index in [4.69, 9.17) is 0 Å². The van der Waals surface area contributed by atoms with Crippen molar-refractivity contribution < 1.29 is 9.52 Å². The van der Waals surface area contributed by atoms with E-state index in [0.717, 1.165) is 5.56 Å². The molecule has 0 fully saturated rings. The Balaban J connectivity index is 2.92. The Morgan fingerprint density at radius 1 is 1.38 bits per heavy atom. The molecule has 3 heteroatoms. The lowest BCUT2D eigenvalue weighted by atomic mass is 10.1. The van der Waals surface area contributed by atoms with Crippen LogP contribution in [-0.4, -0.2) is 5.78 Å². The Hall–Kier alpha value is -1.64. The third-order valence-corrected chi connectivity index (χ3v) is 1.77. The van der Waals surface area contributed by atoms with Crippen LogP contribution in [0.5, 0.6) is 0 Å². The lowest BCUT2D eigenvalue weighted by Crippen LogP contribution is -2.23. The molecular formula is C10H11NO2. The van der Waals surface area contributed by atoms with Crippen molar-refractivity contribution in [2.24, 2.45) is 0 Å². The van der Waals surface area contributed by atoms with Gasteiger partial charge < -0.3 is 5.21 Å². The summed E-state index contributed by atoms with van der Waals surface area (Å²) in [5, 5.41) is 10.7. The van der Waals surface area contributed by atoms with E-state index >= 15 is 0 Å². The molecule has 0 aliphatic heterocycles. The molecular weight excluding hydrogens is 166 g/mol. The van der Waals surface area contributed by atoms with Crippen molar-refractivity contribution in [3.63, 3.8) is 0 Å². The summed E-state index contributed by atoms with van der Waals surface area (Å²) in [6.07, 6.45) is 4.56. The van der Waals surface area contributed by atoms with Crippen molar-refractivity contribution in [3.8, 4) is 0 Å². The molecule has 1 rings (SSSR count). The zero-order valence-electron chi connectivity index (χ0n) is 7.65. The van der Waals surface area contributed by atoms with E-state index in [-0.39, 0.29) is 5.78 Å². The highest BCUT2D eigenvalue weighted by Gasteiger charge is 1.97. The van der Waals surface area contributed by atoms with Crippen LogP contribution in [0, 0.1) is 5.21 Å². The van der Waals surface area contributed by atoms with Gasteiger partial charge in [0.05, 0.1) is 0 Å². The molecule has 3 nitrogen and oxygen atoms in total. The minimum Gasteiger partial charge on any atom is -0.619 e. The molecule has 0 N–H and O–H groups in total. The van der Waals surface area contributed by atoms with Gasteiger partial charge in [0.15, 0.2) is 18.2 Å². The number of carbonyl (C=O) groups excluding carboxylic acids is 1. The maximum atomic E-state index is 10.9. The third-order valence-electron chi connectivity index (χ3n) is 1.77. The number of ketones is 1. The van der Waals surface area contributed by atoms with Gasteiger partial charge in [0, 0.05) is 12.1 Å². The van der Waals surface area contributed by atoms with Crippen LogP contribution >= 0.6 is 0 Å². The van der Waals surface area contributed by atoms with Crippen LogP contribution in [0.3, 0.4) is 0 Å². The fourth-order valence-corrected chi connectivity index (χ4v) is 0.872.